The number of aromatic amines is 1. The number of rotatable bonds is 3. The molecule has 0 amide bonds. The lowest BCUT2D eigenvalue weighted by Crippen LogP contribution is -2.15. The molecule has 24 heavy (non-hydrogen) atoms. The highest BCUT2D eigenvalue weighted by Gasteiger charge is 2.19. The van der Waals surface area contributed by atoms with Gasteiger partial charge in [0.1, 0.15) is 0 Å². The highest BCUT2D eigenvalue weighted by molar-refractivity contribution is 7.13. The Kier molecular flexibility index (Phi) is 3.92. The van der Waals surface area contributed by atoms with Crippen LogP contribution in [0.1, 0.15) is 5.69 Å². The molecule has 120 valence electrons. The number of hydrogen-bond acceptors (Lipinski definition) is 3. The lowest BCUT2D eigenvalue weighted by Gasteiger charge is -2.02. The second-order valence-corrected chi connectivity index (χ2v) is 6.88. The fourth-order valence-corrected chi connectivity index (χ4v) is 3.67. The Morgan fingerprint density at radius 1 is 1.21 bits per heavy atom. The van der Waals surface area contributed by atoms with Crippen LogP contribution < -0.4 is 5.56 Å². The van der Waals surface area contributed by atoms with Crippen LogP contribution in [0.5, 0.6) is 0 Å². The van der Waals surface area contributed by atoms with E-state index in [9.17, 15) is 4.79 Å². The lowest BCUT2D eigenvalue weighted by atomic mass is 10.1. The maximum Gasteiger partial charge on any atom is 0.272 e. The van der Waals surface area contributed by atoms with Gasteiger partial charge in [0.2, 0.25) is 0 Å². The highest BCUT2D eigenvalue weighted by atomic mass is 35.5. The Labute approximate surface area is 151 Å². The quantitative estimate of drug-likeness (QED) is 0.522. The molecule has 0 radical (unpaired) electrons. The van der Waals surface area contributed by atoms with E-state index in [2.05, 4.69) is 10.1 Å². The summed E-state index contributed by atoms with van der Waals surface area (Å²) in [5.41, 5.74) is 3.59. The molecule has 1 N–H and O–H groups in total. The van der Waals surface area contributed by atoms with Gasteiger partial charge in [-0.15, -0.1) is 22.9 Å². The summed E-state index contributed by atoms with van der Waals surface area (Å²) in [5.74, 6) is 0.192. The average Bonchev–Trinajstić information content (AvgIpc) is 3.22. The van der Waals surface area contributed by atoms with Gasteiger partial charge in [-0.25, -0.2) is 9.50 Å². The standard InChI is InChI=1S/C17H11Cl2N3OS/c18-9-12-8-14(23)22-17(20-12)15(13-2-1-7-24-13)16(21-22)10-3-5-11(19)6-4-10/h1-8,21H,9H2. The smallest absolute Gasteiger partial charge is 0.272 e. The number of H-pyrrole nitrogens is 1. The minimum Gasteiger partial charge on any atom is -0.288 e. The molecular formula is C17H11Cl2N3OS. The summed E-state index contributed by atoms with van der Waals surface area (Å²) in [6, 6.07) is 12.9. The highest BCUT2D eigenvalue weighted by Crippen LogP contribution is 2.36. The third-order valence-corrected chi connectivity index (χ3v) is 5.12. The van der Waals surface area contributed by atoms with Crippen LogP contribution in [0.4, 0.5) is 0 Å². The minimum absolute atomic E-state index is 0.186. The molecule has 0 aliphatic rings. The van der Waals surface area contributed by atoms with Gasteiger partial charge in [0.05, 0.1) is 22.8 Å². The summed E-state index contributed by atoms with van der Waals surface area (Å²) in [5, 5.41) is 5.82. The topological polar surface area (TPSA) is 50.2 Å². The molecule has 3 aromatic heterocycles. The van der Waals surface area contributed by atoms with E-state index in [4.69, 9.17) is 23.2 Å². The predicted octanol–water partition coefficient (Wildman–Crippen LogP) is 4.81. The van der Waals surface area contributed by atoms with Crippen LogP contribution in [0, 0.1) is 0 Å². The van der Waals surface area contributed by atoms with Crippen molar-refractivity contribution < 1.29 is 0 Å². The molecule has 4 rings (SSSR count). The van der Waals surface area contributed by atoms with Crippen molar-refractivity contribution in [1.82, 2.24) is 14.6 Å². The number of fused-ring (bicyclic) bond motifs is 1. The molecule has 0 spiro atoms. The summed E-state index contributed by atoms with van der Waals surface area (Å²) in [4.78, 5) is 18.0. The summed E-state index contributed by atoms with van der Waals surface area (Å²) >= 11 is 13.5. The van der Waals surface area contributed by atoms with E-state index in [-0.39, 0.29) is 11.4 Å². The van der Waals surface area contributed by atoms with Gasteiger partial charge < -0.3 is 0 Å². The van der Waals surface area contributed by atoms with Crippen LogP contribution in [0.2, 0.25) is 5.02 Å². The zero-order chi connectivity index (χ0) is 16.7. The van der Waals surface area contributed by atoms with Crippen molar-refractivity contribution in [2.75, 3.05) is 0 Å². The molecule has 4 aromatic rings. The fraction of sp³-hybridized carbons (Fsp3) is 0.0588. The molecule has 0 saturated heterocycles. The van der Waals surface area contributed by atoms with Crippen LogP contribution in [0.25, 0.3) is 27.3 Å². The van der Waals surface area contributed by atoms with Crippen molar-refractivity contribution in [3.8, 4) is 21.7 Å². The second kappa shape index (κ2) is 6.09. The fourth-order valence-electron chi connectivity index (χ4n) is 2.63. The summed E-state index contributed by atoms with van der Waals surface area (Å²) in [7, 11) is 0. The van der Waals surface area contributed by atoms with E-state index in [1.54, 1.807) is 11.3 Å². The van der Waals surface area contributed by atoms with Crippen molar-refractivity contribution in [3.63, 3.8) is 0 Å². The van der Waals surface area contributed by atoms with Gasteiger partial charge in [-0.1, -0.05) is 29.8 Å². The summed E-state index contributed by atoms with van der Waals surface area (Å²) in [6.07, 6.45) is 0. The number of hydrogen-bond donors (Lipinski definition) is 1. The van der Waals surface area contributed by atoms with Crippen LogP contribution in [-0.2, 0) is 5.88 Å². The van der Waals surface area contributed by atoms with Crippen LogP contribution in [0.15, 0.2) is 52.6 Å². The van der Waals surface area contributed by atoms with Crippen LogP contribution in [0.3, 0.4) is 0 Å². The van der Waals surface area contributed by atoms with Crippen molar-refractivity contribution in [3.05, 3.63) is 68.9 Å². The van der Waals surface area contributed by atoms with E-state index in [0.717, 1.165) is 21.7 Å². The third kappa shape index (κ3) is 2.55. The largest absolute Gasteiger partial charge is 0.288 e. The predicted molar refractivity (Wildman–Crippen MR) is 99.1 cm³/mol. The van der Waals surface area contributed by atoms with E-state index in [1.807, 2.05) is 41.8 Å². The second-order valence-electron chi connectivity index (χ2n) is 5.22. The molecule has 0 saturated carbocycles. The van der Waals surface area contributed by atoms with Crippen molar-refractivity contribution in [1.29, 1.82) is 0 Å². The molecule has 0 bridgehead atoms. The van der Waals surface area contributed by atoms with Crippen LogP contribution >= 0.6 is 34.5 Å². The van der Waals surface area contributed by atoms with Crippen molar-refractivity contribution in [2.24, 2.45) is 0 Å². The molecular weight excluding hydrogens is 365 g/mol. The first-order valence-corrected chi connectivity index (χ1v) is 8.97. The van der Waals surface area contributed by atoms with E-state index < -0.39 is 0 Å². The molecule has 4 nitrogen and oxygen atoms in total. The number of halogens is 2. The Balaban J connectivity index is 2.09. The van der Waals surface area contributed by atoms with Gasteiger partial charge in [-0.05, 0) is 23.6 Å². The van der Waals surface area contributed by atoms with Gasteiger partial charge in [0.15, 0.2) is 5.65 Å². The van der Waals surface area contributed by atoms with Gasteiger partial charge in [0, 0.05) is 21.5 Å². The zero-order valence-electron chi connectivity index (χ0n) is 12.3. The molecule has 0 aliphatic carbocycles. The Hall–Kier alpha value is -2.08. The Bertz CT molecular complexity index is 1070. The number of nitrogens with one attached hydrogen (secondary N) is 1. The summed E-state index contributed by atoms with van der Waals surface area (Å²) in [6.45, 7) is 0. The monoisotopic (exact) mass is 375 g/mol. The molecule has 0 aliphatic heterocycles. The molecule has 7 heteroatoms. The van der Waals surface area contributed by atoms with Crippen molar-refractivity contribution in [2.45, 2.75) is 5.88 Å². The SMILES string of the molecule is O=c1cc(CCl)nc2c(-c3cccs3)c(-c3ccc(Cl)cc3)[nH]n12. The number of benzene rings is 1. The van der Waals surface area contributed by atoms with E-state index in [0.29, 0.717) is 16.4 Å². The zero-order valence-corrected chi connectivity index (χ0v) is 14.6. The Morgan fingerprint density at radius 3 is 2.67 bits per heavy atom. The van der Waals surface area contributed by atoms with E-state index in [1.165, 1.54) is 10.6 Å². The first-order valence-electron chi connectivity index (χ1n) is 7.18. The molecule has 3 heterocycles. The normalized spacial score (nSPS) is 11.2. The number of alkyl halides is 1. The first-order chi connectivity index (χ1) is 11.7. The number of thiophene rings is 1. The van der Waals surface area contributed by atoms with E-state index >= 15 is 0 Å². The van der Waals surface area contributed by atoms with Gasteiger partial charge in [0.25, 0.3) is 5.56 Å². The third-order valence-electron chi connectivity index (χ3n) is 3.71. The van der Waals surface area contributed by atoms with Gasteiger partial charge in [-0.3, -0.25) is 9.89 Å². The van der Waals surface area contributed by atoms with Gasteiger partial charge >= 0.3 is 0 Å². The molecule has 0 unspecified atom stereocenters. The average molecular weight is 376 g/mol. The first kappa shape index (κ1) is 15.4. The number of nitrogens with zero attached hydrogens (tertiary/aromatic N) is 2. The molecule has 0 fully saturated rings. The van der Waals surface area contributed by atoms with Gasteiger partial charge in [-0.2, -0.15) is 0 Å². The molecule has 1 aromatic carbocycles. The number of aromatic nitrogens is 3. The minimum atomic E-state index is -0.186. The van der Waals surface area contributed by atoms with Crippen molar-refractivity contribution >= 4 is 40.2 Å². The summed E-state index contributed by atoms with van der Waals surface area (Å²) < 4.78 is 1.45. The molecule has 0 atom stereocenters. The maximum absolute atomic E-state index is 12.4. The Morgan fingerprint density at radius 2 is 2.00 bits per heavy atom. The maximum atomic E-state index is 12.4. The van der Waals surface area contributed by atoms with Crippen LogP contribution in [-0.4, -0.2) is 14.6 Å². The lowest BCUT2D eigenvalue weighted by molar-refractivity contribution is 0.891.